The monoisotopic (exact) mass is 325 g/mol. The Balaban J connectivity index is 1.78. The Morgan fingerprint density at radius 1 is 1.41 bits per heavy atom. The highest BCUT2D eigenvalue weighted by Gasteiger charge is 2.17. The third-order valence-electron chi connectivity index (χ3n) is 3.34. The summed E-state index contributed by atoms with van der Waals surface area (Å²) in [6.45, 7) is 1.18. The molecule has 7 heteroatoms. The number of amides is 1. The number of carbonyl (C=O) groups excluding carboxylic acids is 1. The maximum atomic E-state index is 12.0. The molecule has 0 saturated carbocycles. The van der Waals surface area contributed by atoms with Gasteiger partial charge >= 0.3 is 5.97 Å². The Labute approximate surface area is 131 Å². The number of carboxylic acids is 1. The largest absolute Gasteiger partial charge is 0.478 e. The molecule has 1 fully saturated rings. The molecule has 1 aromatic carbocycles. The first-order valence-corrected chi connectivity index (χ1v) is 8.59. The molecule has 1 aliphatic rings. The topological polar surface area (TPSA) is 92.7 Å². The number of rotatable bonds is 7. The Morgan fingerprint density at radius 3 is 2.91 bits per heavy atom. The van der Waals surface area contributed by atoms with Gasteiger partial charge in [-0.3, -0.25) is 9.00 Å². The second-order valence-electron chi connectivity index (χ2n) is 5.17. The molecule has 2 N–H and O–H groups in total. The number of nitrogens with one attached hydrogen (secondary N) is 1. The van der Waals surface area contributed by atoms with Crippen LogP contribution in [0.3, 0.4) is 0 Å². The van der Waals surface area contributed by atoms with E-state index < -0.39 is 16.8 Å². The maximum absolute atomic E-state index is 12.0. The van der Waals surface area contributed by atoms with Gasteiger partial charge in [0.25, 0.3) is 0 Å². The molecule has 6 nitrogen and oxygen atoms in total. The van der Waals surface area contributed by atoms with Gasteiger partial charge < -0.3 is 15.2 Å². The van der Waals surface area contributed by atoms with Gasteiger partial charge in [0.15, 0.2) is 0 Å². The fourth-order valence-corrected chi connectivity index (χ4v) is 3.31. The Kier molecular flexibility index (Phi) is 6.09. The summed E-state index contributed by atoms with van der Waals surface area (Å²) in [6.07, 6.45) is 2.00. The molecule has 2 atom stereocenters. The van der Waals surface area contributed by atoms with E-state index in [0.29, 0.717) is 12.1 Å². The SMILES string of the molecule is O=C(CS(=O)Cc1cccc(C(=O)O)c1)NCC1CCCO1. The van der Waals surface area contributed by atoms with Gasteiger partial charge in [0.1, 0.15) is 5.75 Å². The fourth-order valence-electron chi connectivity index (χ4n) is 2.26. The van der Waals surface area contributed by atoms with Gasteiger partial charge in [-0.15, -0.1) is 0 Å². The van der Waals surface area contributed by atoms with Crippen LogP contribution in [0.5, 0.6) is 0 Å². The molecule has 1 saturated heterocycles. The zero-order chi connectivity index (χ0) is 15.9. The lowest BCUT2D eigenvalue weighted by atomic mass is 10.1. The van der Waals surface area contributed by atoms with Crippen LogP contribution in [-0.4, -0.2) is 46.2 Å². The lowest BCUT2D eigenvalue weighted by Crippen LogP contribution is -2.34. The Hall–Kier alpha value is -1.73. The van der Waals surface area contributed by atoms with Crippen LogP contribution in [0.1, 0.15) is 28.8 Å². The number of benzene rings is 1. The van der Waals surface area contributed by atoms with Crippen molar-refractivity contribution in [1.82, 2.24) is 5.32 Å². The lowest BCUT2D eigenvalue weighted by molar-refractivity contribution is -0.119. The standard InChI is InChI=1S/C15H19NO5S/c17-14(16-8-13-5-2-6-21-13)10-22(20)9-11-3-1-4-12(7-11)15(18)19/h1,3-4,7,13H,2,5-6,8-10H2,(H,16,17)(H,18,19). The smallest absolute Gasteiger partial charge is 0.335 e. The van der Waals surface area contributed by atoms with E-state index in [2.05, 4.69) is 5.32 Å². The molecule has 1 heterocycles. The van der Waals surface area contributed by atoms with E-state index in [1.165, 1.54) is 12.1 Å². The van der Waals surface area contributed by atoms with Gasteiger partial charge in [0, 0.05) is 29.7 Å². The molecular formula is C15H19NO5S. The predicted octanol–water partition coefficient (Wildman–Crippen LogP) is 0.929. The van der Waals surface area contributed by atoms with Crippen molar-refractivity contribution in [3.63, 3.8) is 0 Å². The summed E-state index contributed by atoms with van der Waals surface area (Å²) in [4.78, 5) is 22.6. The summed E-state index contributed by atoms with van der Waals surface area (Å²) in [5, 5.41) is 11.6. The minimum atomic E-state index is -1.37. The highest BCUT2D eigenvalue weighted by Crippen LogP contribution is 2.11. The van der Waals surface area contributed by atoms with Crippen molar-refractivity contribution in [2.24, 2.45) is 0 Å². The van der Waals surface area contributed by atoms with E-state index in [-0.39, 0.29) is 29.1 Å². The number of ether oxygens (including phenoxy) is 1. The van der Waals surface area contributed by atoms with Crippen LogP contribution in [0.4, 0.5) is 0 Å². The summed E-state index contributed by atoms with van der Waals surface area (Å²) in [5.74, 6) is -1.23. The predicted molar refractivity (Wildman–Crippen MR) is 82.1 cm³/mol. The average molecular weight is 325 g/mol. The van der Waals surface area contributed by atoms with Crippen molar-refractivity contribution >= 4 is 22.7 Å². The third-order valence-corrected chi connectivity index (χ3v) is 4.58. The number of aromatic carboxylic acids is 1. The Morgan fingerprint density at radius 2 is 2.23 bits per heavy atom. The van der Waals surface area contributed by atoms with E-state index >= 15 is 0 Å². The lowest BCUT2D eigenvalue weighted by Gasteiger charge is -2.10. The van der Waals surface area contributed by atoms with Gasteiger partial charge in [0.2, 0.25) is 5.91 Å². The minimum Gasteiger partial charge on any atom is -0.478 e. The van der Waals surface area contributed by atoms with E-state index in [4.69, 9.17) is 9.84 Å². The van der Waals surface area contributed by atoms with Gasteiger partial charge in [-0.1, -0.05) is 12.1 Å². The molecule has 22 heavy (non-hydrogen) atoms. The first kappa shape index (κ1) is 16.6. The highest BCUT2D eigenvalue weighted by molar-refractivity contribution is 7.84. The highest BCUT2D eigenvalue weighted by atomic mass is 32.2. The molecule has 0 radical (unpaired) electrons. The van der Waals surface area contributed by atoms with Crippen LogP contribution in [-0.2, 0) is 26.1 Å². The van der Waals surface area contributed by atoms with Crippen molar-refractivity contribution < 1.29 is 23.6 Å². The van der Waals surface area contributed by atoms with Crippen molar-refractivity contribution in [2.75, 3.05) is 18.9 Å². The van der Waals surface area contributed by atoms with Crippen LogP contribution < -0.4 is 5.32 Å². The summed E-state index contributed by atoms with van der Waals surface area (Å²) in [7, 11) is -1.37. The van der Waals surface area contributed by atoms with Crippen LogP contribution in [0, 0.1) is 0 Å². The summed E-state index contributed by atoms with van der Waals surface area (Å²) >= 11 is 0. The van der Waals surface area contributed by atoms with Crippen LogP contribution in [0.25, 0.3) is 0 Å². The summed E-state index contributed by atoms with van der Waals surface area (Å²) in [6, 6.07) is 6.26. The van der Waals surface area contributed by atoms with Gasteiger partial charge in [-0.05, 0) is 30.5 Å². The summed E-state index contributed by atoms with van der Waals surface area (Å²) in [5.41, 5.74) is 0.794. The molecule has 120 valence electrons. The number of hydrogen-bond donors (Lipinski definition) is 2. The number of hydrogen-bond acceptors (Lipinski definition) is 4. The van der Waals surface area contributed by atoms with Gasteiger partial charge in [-0.25, -0.2) is 4.79 Å². The average Bonchev–Trinajstić information content (AvgIpc) is 2.98. The number of carboxylic acid groups (broad SMARTS) is 1. The van der Waals surface area contributed by atoms with Gasteiger partial charge in [-0.2, -0.15) is 0 Å². The first-order chi connectivity index (χ1) is 10.5. The van der Waals surface area contributed by atoms with Crippen LogP contribution in [0.15, 0.2) is 24.3 Å². The van der Waals surface area contributed by atoms with Crippen LogP contribution in [0.2, 0.25) is 0 Å². The molecule has 0 aromatic heterocycles. The molecule has 1 amide bonds. The quantitative estimate of drug-likeness (QED) is 0.778. The van der Waals surface area contributed by atoms with Crippen LogP contribution >= 0.6 is 0 Å². The number of carbonyl (C=O) groups is 2. The molecule has 1 aliphatic heterocycles. The minimum absolute atomic E-state index is 0.0598. The van der Waals surface area contributed by atoms with Crippen molar-refractivity contribution in [3.8, 4) is 0 Å². The van der Waals surface area contributed by atoms with Crippen molar-refractivity contribution in [3.05, 3.63) is 35.4 Å². The van der Waals surface area contributed by atoms with Crippen molar-refractivity contribution in [2.45, 2.75) is 24.7 Å². The normalized spacial score (nSPS) is 18.8. The van der Waals surface area contributed by atoms with E-state index in [1.807, 2.05) is 0 Å². The third kappa shape index (κ3) is 5.23. The summed E-state index contributed by atoms with van der Waals surface area (Å²) < 4.78 is 17.4. The maximum Gasteiger partial charge on any atom is 0.335 e. The first-order valence-electron chi connectivity index (χ1n) is 7.10. The molecule has 0 aliphatic carbocycles. The molecular weight excluding hydrogens is 306 g/mol. The fraction of sp³-hybridized carbons (Fsp3) is 0.467. The van der Waals surface area contributed by atoms with Gasteiger partial charge in [0.05, 0.1) is 11.7 Å². The van der Waals surface area contributed by atoms with E-state index in [0.717, 1.165) is 19.4 Å². The second-order valence-corrected chi connectivity index (χ2v) is 6.63. The molecule has 1 aromatic rings. The molecule has 2 unspecified atom stereocenters. The van der Waals surface area contributed by atoms with E-state index in [1.54, 1.807) is 12.1 Å². The van der Waals surface area contributed by atoms with Crippen molar-refractivity contribution in [1.29, 1.82) is 0 Å². The van der Waals surface area contributed by atoms with E-state index in [9.17, 15) is 13.8 Å². The molecule has 2 rings (SSSR count). The zero-order valence-electron chi connectivity index (χ0n) is 12.1. The zero-order valence-corrected chi connectivity index (χ0v) is 12.9. The second kappa shape index (κ2) is 8.05. The molecule has 0 spiro atoms. The Bertz CT molecular complexity index is 569. The molecule has 0 bridgehead atoms.